The van der Waals surface area contributed by atoms with Gasteiger partial charge in [0.1, 0.15) is 6.17 Å². The van der Waals surface area contributed by atoms with Gasteiger partial charge in [0.25, 0.3) is 0 Å². The lowest BCUT2D eigenvalue weighted by Gasteiger charge is -2.42. The molecule has 2 fully saturated rings. The normalized spacial score (nSPS) is 40.1. The average Bonchev–Trinajstić information content (AvgIpc) is 1.90. The minimum absolute atomic E-state index is 0.227. The van der Waals surface area contributed by atoms with Crippen LogP contribution in [0, 0.1) is 0 Å². The van der Waals surface area contributed by atoms with Crippen molar-refractivity contribution in [2.75, 3.05) is 26.2 Å². The molecule has 2 rings (SSSR count). The van der Waals surface area contributed by atoms with E-state index in [0.29, 0.717) is 6.54 Å². The van der Waals surface area contributed by atoms with Crippen molar-refractivity contribution in [3.05, 3.63) is 0 Å². The second-order valence-electron chi connectivity index (χ2n) is 3.47. The maximum Gasteiger partial charge on any atom is 0.128 e. The molecule has 0 aromatic carbocycles. The van der Waals surface area contributed by atoms with Crippen molar-refractivity contribution in [2.45, 2.75) is 25.1 Å². The summed E-state index contributed by atoms with van der Waals surface area (Å²) < 4.78 is 13.2. The molecule has 1 N–H and O–H groups in total. The minimum Gasteiger partial charge on any atom is -0.314 e. The van der Waals surface area contributed by atoms with Crippen LogP contribution in [0.25, 0.3) is 0 Å². The predicted octanol–water partition coefficient (Wildman–Crippen LogP) is 0.392. The number of likely N-dealkylation sites (tertiary alicyclic amines) is 1. The molecule has 0 radical (unpaired) electrons. The number of nitrogens with one attached hydrogen (secondary N) is 1. The molecule has 3 heteroatoms. The number of piperidine rings is 1. The van der Waals surface area contributed by atoms with Gasteiger partial charge < -0.3 is 5.32 Å². The maximum absolute atomic E-state index is 13.2. The highest BCUT2D eigenvalue weighted by Crippen LogP contribution is 2.20. The van der Waals surface area contributed by atoms with E-state index in [1.165, 1.54) is 6.42 Å². The molecule has 0 amide bonds. The molecule has 2 heterocycles. The van der Waals surface area contributed by atoms with Gasteiger partial charge in [0.05, 0.1) is 0 Å². The standard InChI is InChI=1S/C8H15FN2/c9-7-6-10-3-2-8(7)11-4-1-5-11/h7-8,10H,1-6H2/t7-,8-/m0/s1. The summed E-state index contributed by atoms with van der Waals surface area (Å²) in [4.78, 5) is 2.27. The number of rotatable bonds is 1. The first-order valence-electron chi connectivity index (χ1n) is 4.47. The summed E-state index contributed by atoms with van der Waals surface area (Å²) in [6.07, 6.45) is 1.61. The third-order valence-corrected chi connectivity index (χ3v) is 2.73. The van der Waals surface area contributed by atoms with Crippen LogP contribution in [0.2, 0.25) is 0 Å². The van der Waals surface area contributed by atoms with E-state index in [2.05, 4.69) is 10.2 Å². The van der Waals surface area contributed by atoms with Gasteiger partial charge in [0.2, 0.25) is 0 Å². The van der Waals surface area contributed by atoms with Crippen LogP contribution in [-0.2, 0) is 0 Å². The first-order valence-corrected chi connectivity index (χ1v) is 4.47. The van der Waals surface area contributed by atoms with Gasteiger partial charge in [-0.05, 0) is 32.5 Å². The molecule has 2 saturated heterocycles. The van der Waals surface area contributed by atoms with Crippen LogP contribution in [0.1, 0.15) is 12.8 Å². The SMILES string of the molecule is F[C@H]1CNCC[C@@H]1N1CCC1. The van der Waals surface area contributed by atoms with Crippen molar-refractivity contribution >= 4 is 0 Å². The number of alkyl halides is 1. The van der Waals surface area contributed by atoms with E-state index in [9.17, 15) is 4.39 Å². The van der Waals surface area contributed by atoms with E-state index >= 15 is 0 Å². The van der Waals surface area contributed by atoms with E-state index in [-0.39, 0.29) is 6.04 Å². The maximum atomic E-state index is 13.2. The van der Waals surface area contributed by atoms with Crippen LogP contribution in [0.15, 0.2) is 0 Å². The van der Waals surface area contributed by atoms with Crippen molar-refractivity contribution in [2.24, 2.45) is 0 Å². The Morgan fingerprint density at radius 2 is 2.18 bits per heavy atom. The van der Waals surface area contributed by atoms with Gasteiger partial charge in [0, 0.05) is 12.6 Å². The van der Waals surface area contributed by atoms with E-state index < -0.39 is 6.17 Å². The quantitative estimate of drug-likeness (QED) is 0.594. The fraction of sp³-hybridized carbons (Fsp3) is 1.00. The van der Waals surface area contributed by atoms with Gasteiger partial charge in [-0.15, -0.1) is 0 Å². The molecule has 2 aliphatic heterocycles. The van der Waals surface area contributed by atoms with Crippen LogP contribution < -0.4 is 5.32 Å². The lowest BCUT2D eigenvalue weighted by molar-refractivity contribution is 0.0404. The highest BCUT2D eigenvalue weighted by molar-refractivity contribution is 4.88. The molecule has 11 heavy (non-hydrogen) atoms. The minimum atomic E-state index is -0.635. The molecule has 0 bridgehead atoms. The summed E-state index contributed by atoms with van der Waals surface area (Å²) in [5.74, 6) is 0. The lowest BCUT2D eigenvalue weighted by atomic mass is 9.99. The van der Waals surface area contributed by atoms with Crippen LogP contribution >= 0.6 is 0 Å². The topological polar surface area (TPSA) is 15.3 Å². The molecule has 0 unspecified atom stereocenters. The number of hydrogen-bond acceptors (Lipinski definition) is 2. The summed E-state index contributed by atoms with van der Waals surface area (Å²) in [6, 6.07) is 0.227. The Labute approximate surface area is 66.8 Å². The fourth-order valence-corrected chi connectivity index (χ4v) is 1.89. The molecule has 2 nitrogen and oxygen atoms in total. The van der Waals surface area contributed by atoms with Gasteiger partial charge in [-0.1, -0.05) is 0 Å². The Balaban J connectivity index is 1.88. The number of halogens is 1. The monoisotopic (exact) mass is 158 g/mol. The Hall–Kier alpha value is -0.150. The molecule has 0 aliphatic carbocycles. The highest BCUT2D eigenvalue weighted by Gasteiger charge is 2.32. The van der Waals surface area contributed by atoms with Crippen molar-refractivity contribution in [3.8, 4) is 0 Å². The number of hydrogen-bond donors (Lipinski definition) is 1. The smallest absolute Gasteiger partial charge is 0.128 e. The zero-order valence-electron chi connectivity index (χ0n) is 6.72. The second-order valence-corrected chi connectivity index (χ2v) is 3.47. The molecular weight excluding hydrogens is 143 g/mol. The summed E-state index contributed by atoms with van der Waals surface area (Å²) in [7, 11) is 0. The summed E-state index contributed by atoms with van der Waals surface area (Å²) in [6.45, 7) is 3.78. The third kappa shape index (κ3) is 1.40. The molecule has 2 atom stereocenters. The Morgan fingerprint density at radius 1 is 1.36 bits per heavy atom. The van der Waals surface area contributed by atoms with Crippen molar-refractivity contribution in [1.29, 1.82) is 0 Å². The van der Waals surface area contributed by atoms with E-state index in [4.69, 9.17) is 0 Å². The summed E-state index contributed by atoms with van der Waals surface area (Å²) in [5, 5.41) is 3.07. The summed E-state index contributed by atoms with van der Waals surface area (Å²) in [5.41, 5.74) is 0. The van der Waals surface area contributed by atoms with Crippen LogP contribution in [0.4, 0.5) is 4.39 Å². The van der Waals surface area contributed by atoms with Crippen molar-refractivity contribution in [3.63, 3.8) is 0 Å². The summed E-state index contributed by atoms with van der Waals surface area (Å²) >= 11 is 0. The van der Waals surface area contributed by atoms with E-state index in [0.717, 1.165) is 26.1 Å². The lowest BCUT2D eigenvalue weighted by Crippen LogP contribution is -2.55. The van der Waals surface area contributed by atoms with Crippen LogP contribution in [0.3, 0.4) is 0 Å². The first kappa shape index (κ1) is 7.50. The van der Waals surface area contributed by atoms with E-state index in [1.807, 2.05) is 0 Å². The highest BCUT2D eigenvalue weighted by atomic mass is 19.1. The first-order chi connectivity index (χ1) is 5.38. The van der Waals surface area contributed by atoms with Crippen molar-refractivity contribution in [1.82, 2.24) is 10.2 Å². The predicted molar refractivity (Wildman–Crippen MR) is 42.4 cm³/mol. The molecule has 0 spiro atoms. The molecule has 2 aliphatic rings. The Bertz CT molecular complexity index is 134. The number of nitrogens with zero attached hydrogens (tertiary/aromatic N) is 1. The zero-order valence-corrected chi connectivity index (χ0v) is 6.72. The average molecular weight is 158 g/mol. The zero-order chi connectivity index (χ0) is 7.68. The molecule has 0 aromatic rings. The second kappa shape index (κ2) is 3.07. The van der Waals surface area contributed by atoms with Crippen molar-refractivity contribution < 1.29 is 4.39 Å². The fourth-order valence-electron chi connectivity index (χ4n) is 1.89. The largest absolute Gasteiger partial charge is 0.314 e. The third-order valence-electron chi connectivity index (χ3n) is 2.73. The van der Waals surface area contributed by atoms with Gasteiger partial charge in [-0.25, -0.2) is 4.39 Å². The molecule has 64 valence electrons. The van der Waals surface area contributed by atoms with Gasteiger partial charge in [0.15, 0.2) is 0 Å². The van der Waals surface area contributed by atoms with Crippen LogP contribution in [-0.4, -0.2) is 43.3 Å². The molecular formula is C8H15FN2. The Kier molecular flexibility index (Phi) is 2.09. The van der Waals surface area contributed by atoms with Crippen LogP contribution in [0.5, 0.6) is 0 Å². The van der Waals surface area contributed by atoms with Gasteiger partial charge >= 0.3 is 0 Å². The van der Waals surface area contributed by atoms with Gasteiger partial charge in [-0.3, -0.25) is 4.90 Å². The molecule has 0 aromatic heterocycles. The Morgan fingerprint density at radius 3 is 2.73 bits per heavy atom. The van der Waals surface area contributed by atoms with E-state index in [1.54, 1.807) is 0 Å². The molecule has 0 saturated carbocycles. The van der Waals surface area contributed by atoms with Gasteiger partial charge in [-0.2, -0.15) is 0 Å².